The molecule has 252 valence electrons. The summed E-state index contributed by atoms with van der Waals surface area (Å²) in [6.45, 7) is 14.7. The number of alkyl carbamates (subject to hydrolysis) is 1. The van der Waals surface area contributed by atoms with Crippen molar-refractivity contribution in [1.82, 2.24) is 10.6 Å². The quantitative estimate of drug-likeness (QED) is 0.141. The molecule has 0 aromatic heterocycles. The van der Waals surface area contributed by atoms with Gasteiger partial charge in [-0.2, -0.15) is 0 Å². The van der Waals surface area contributed by atoms with Crippen LogP contribution in [0, 0.1) is 5.41 Å². The second-order valence-electron chi connectivity index (χ2n) is 13.5. The van der Waals surface area contributed by atoms with Crippen molar-refractivity contribution in [1.29, 1.82) is 0 Å². The van der Waals surface area contributed by atoms with Crippen LogP contribution in [0.25, 0.3) is 0 Å². The van der Waals surface area contributed by atoms with E-state index < -0.39 is 26.1 Å². The van der Waals surface area contributed by atoms with Gasteiger partial charge >= 0.3 is 6.09 Å². The van der Waals surface area contributed by atoms with E-state index in [0.29, 0.717) is 26.4 Å². The van der Waals surface area contributed by atoms with E-state index in [1.807, 2.05) is 6.92 Å². The van der Waals surface area contributed by atoms with E-state index in [1.165, 1.54) is 10.4 Å². The second kappa shape index (κ2) is 18.0. The van der Waals surface area contributed by atoms with Crippen LogP contribution in [-0.2, 0) is 23.4 Å². The highest BCUT2D eigenvalue weighted by atomic mass is 28.4. The van der Waals surface area contributed by atoms with Crippen molar-refractivity contribution < 1.29 is 28.2 Å². The Labute approximate surface area is 272 Å². The molecule has 0 radical (unpaired) electrons. The van der Waals surface area contributed by atoms with Gasteiger partial charge in [-0.25, -0.2) is 4.79 Å². The average Bonchev–Trinajstić information content (AvgIpc) is 3.02. The molecule has 1 fully saturated rings. The molecule has 3 rings (SSSR count). The van der Waals surface area contributed by atoms with Crippen molar-refractivity contribution in [2.24, 2.45) is 5.41 Å². The van der Waals surface area contributed by atoms with E-state index in [1.54, 1.807) is 6.92 Å². The summed E-state index contributed by atoms with van der Waals surface area (Å²) >= 11 is 0. The maximum atomic E-state index is 13.0. The zero-order chi connectivity index (χ0) is 32.8. The summed E-state index contributed by atoms with van der Waals surface area (Å²) in [7, 11) is -2.34. The molecule has 2 N–H and O–H groups in total. The van der Waals surface area contributed by atoms with Gasteiger partial charge in [0, 0.05) is 19.8 Å². The van der Waals surface area contributed by atoms with Gasteiger partial charge in [-0.1, -0.05) is 80.9 Å². The fourth-order valence-electron chi connectivity index (χ4n) is 6.82. The van der Waals surface area contributed by atoms with Gasteiger partial charge in [0.05, 0.1) is 18.2 Å². The van der Waals surface area contributed by atoms with Gasteiger partial charge in [-0.3, -0.25) is 4.79 Å². The third kappa shape index (κ3) is 11.1. The normalized spacial score (nSPS) is 23.0. The minimum atomic E-state index is -2.34. The Hall–Kier alpha value is -2.46. The molecule has 1 aromatic rings. The van der Waals surface area contributed by atoms with E-state index in [-0.39, 0.29) is 24.0 Å². The number of carbonyl (C=O) groups excluding carboxylic acids is 2. The number of allylic oxidation sites excluding steroid dienone is 4. The van der Waals surface area contributed by atoms with Gasteiger partial charge in [0.15, 0.2) is 0 Å². The molecule has 9 heteroatoms. The molecular formula is C36H58N2O6Si. The van der Waals surface area contributed by atoms with Crippen LogP contribution in [0.1, 0.15) is 92.9 Å². The maximum absolute atomic E-state index is 13.0. The fraction of sp³-hybridized carbons (Fsp3) is 0.667. The van der Waals surface area contributed by atoms with Crippen LogP contribution in [0.5, 0.6) is 0 Å². The Morgan fingerprint density at radius 3 is 2.51 bits per heavy atom. The van der Waals surface area contributed by atoms with Crippen LogP contribution in [-0.4, -0.2) is 71.0 Å². The number of nitrogens with one attached hydrogen (secondary N) is 2. The van der Waals surface area contributed by atoms with E-state index >= 15 is 0 Å². The first-order chi connectivity index (χ1) is 21.5. The van der Waals surface area contributed by atoms with Crippen molar-refractivity contribution in [2.45, 2.75) is 117 Å². The summed E-state index contributed by atoms with van der Waals surface area (Å²) in [5.74, 6) is -0.153. The Balaban J connectivity index is 1.47. The van der Waals surface area contributed by atoms with Gasteiger partial charge in [0.1, 0.15) is 12.7 Å². The summed E-state index contributed by atoms with van der Waals surface area (Å²) in [6, 6.07) is 11.4. The van der Waals surface area contributed by atoms with Gasteiger partial charge in [0.2, 0.25) is 5.91 Å². The minimum Gasteiger partial charge on any atom is -0.447 e. The minimum absolute atomic E-state index is 0.0393. The van der Waals surface area contributed by atoms with Gasteiger partial charge in [-0.05, 0) is 82.4 Å². The number of carbonyl (C=O) groups is 2. The standard InChI is InChI=1S/C36H58N2O6Si/c1-7-9-24-42-29(3)33(39)38-36(6)28-35(4,5)22-21-32(36)37-34(40)43-26-25-41-23-16-27-45(44-8-2,30-17-12-10-13-18-30)31-19-14-11-15-20-31/h10-14,17-19,29,32H,7-9,15-16,20-28H2,1-6H3,(H,37,40)(H,38,39). The Morgan fingerprint density at radius 1 is 1.04 bits per heavy atom. The summed E-state index contributed by atoms with van der Waals surface area (Å²) in [5, 5.41) is 8.99. The number of rotatable bonds is 18. The summed E-state index contributed by atoms with van der Waals surface area (Å²) < 4.78 is 23.8. The predicted molar refractivity (Wildman–Crippen MR) is 183 cm³/mol. The highest BCUT2D eigenvalue weighted by Crippen LogP contribution is 2.41. The first-order valence-corrected chi connectivity index (χ1v) is 19.2. The van der Waals surface area contributed by atoms with E-state index in [2.05, 4.69) is 86.9 Å². The Morgan fingerprint density at radius 2 is 1.82 bits per heavy atom. The summed E-state index contributed by atoms with van der Waals surface area (Å²) in [6.07, 6.45) is 12.9. The van der Waals surface area contributed by atoms with E-state index in [0.717, 1.165) is 57.4 Å². The number of hydrogen-bond donors (Lipinski definition) is 2. The molecule has 4 atom stereocenters. The largest absolute Gasteiger partial charge is 0.447 e. The third-order valence-corrected chi connectivity index (χ3v) is 13.7. The molecule has 4 unspecified atom stereocenters. The zero-order valence-electron chi connectivity index (χ0n) is 28.6. The molecule has 45 heavy (non-hydrogen) atoms. The zero-order valence-corrected chi connectivity index (χ0v) is 29.6. The summed E-state index contributed by atoms with van der Waals surface area (Å²) in [5.41, 5.74) is -0.576. The van der Waals surface area contributed by atoms with E-state index in [4.69, 9.17) is 18.6 Å². The SMILES string of the molecule is CCCCOC(C)C(=O)NC1(C)CC(C)(C)CCC1NC(=O)OCCOCCC[Si](OCC)(C1=CC=CCC1)c1ccccc1. The van der Waals surface area contributed by atoms with Crippen LogP contribution in [0.15, 0.2) is 53.8 Å². The molecule has 0 heterocycles. The highest BCUT2D eigenvalue weighted by molar-refractivity contribution is 6.92. The van der Waals surface area contributed by atoms with Crippen molar-refractivity contribution >= 4 is 25.5 Å². The molecule has 2 aliphatic rings. The van der Waals surface area contributed by atoms with Crippen molar-refractivity contribution in [3.8, 4) is 0 Å². The lowest BCUT2D eigenvalue weighted by molar-refractivity contribution is -0.135. The third-order valence-electron chi connectivity index (χ3n) is 9.10. The molecule has 2 amide bonds. The Kier molecular flexibility index (Phi) is 14.8. The number of ether oxygens (including phenoxy) is 3. The molecule has 1 saturated carbocycles. The maximum Gasteiger partial charge on any atom is 0.407 e. The van der Waals surface area contributed by atoms with Gasteiger partial charge in [-0.15, -0.1) is 0 Å². The number of unbranched alkanes of at least 4 members (excludes halogenated alkanes) is 1. The van der Waals surface area contributed by atoms with Gasteiger partial charge < -0.3 is 29.3 Å². The molecule has 0 saturated heterocycles. The molecule has 2 aliphatic carbocycles. The first-order valence-electron chi connectivity index (χ1n) is 17.1. The smallest absolute Gasteiger partial charge is 0.407 e. The van der Waals surface area contributed by atoms with E-state index in [9.17, 15) is 9.59 Å². The molecular weight excluding hydrogens is 584 g/mol. The number of hydrogen-bond acceptors (Lipinski definition) is 6. The lowest BCUT2D eigenvalue weighted by atomic mass is 9.66. The highest BCUT2D eigenvalue weighted by Gasteiger charge is 2.46. The lowest BCUT2D eigenvalue weighted by Crippen LogP contribution is -2.65. The first kappa shape index (κ1) is 37.0. The molecule has 8 nitrogen and oxygen atoms in total. The average molecular weight is 643 g/mol. The molecule has 0 aliphatic heterocycles. The van der Waals surface area contributed by atoms with Crippen molar-refractivity contribution in [3.05, 3.63) is 53.8 Å². The topological polar surface area (TPSA) is 95.1 Å². The predicted octanol–water partition coefficient (Wildman–Crippen LogP) is 6.48. The van der Waals surface area contributed by atoms with Gasteiger partial charge in [0.25, 0.3) is 8.32 Å². The number of amides is 2. The van der Waals surface area contributed by atoms with Crippen LogP contribution in [0.4, 0.5) is 4.79 Å². The Bertz CT molecular complexity index is 1130. The fourth-order valence-corrected chi connectivity index (χ4v) is 11.1. The summed E-state index contributed by atoms with van der Waals surface area (Å²) in [4.78, 5) is 25.8. The van der Waals surface area contributed by atoms with Crippen LogP contribution in [0.3, 0.4) is 0 Å². The van der Waals surface area contributed by atoms with Crippen molar-refractivity contribution in [2.75, 3.05) is 33.0 Å². The molecule has 0 bridgehead atoms. The monoisotopic (exact) mass is 642 g/mol. The number of benzene rings is 1. The molecule has 1 aromatic carbocycles. The van der Waals surface area contributed by atoms with Crippen LogP contribution < -0.4 is 15.8 Å². The van der Waals surface area contributed by atoms with Crippen molar-refractivity contribution in [3.63, 3.8) is 0 Å². The molecule has 0 spiro atoms. The van der Waals surface area contributed by atoms with Crippen LogP contribution in [0.2, 0.25) is 6.04 Å². The lowest BCUT2D eigenvalue weighted by Gasteiger charge is -2.48. The van der Waals surface area contributed by atoms with Crippen LogP contribution >= 0.6 is 0 Å². The second-order valence-corrected chi connectivity index (χ2v) is 17.1.